The maximum Gasteiger partial charge on any atom is 0.331 e. The standard InChI is InChI=1S/C20H21NO5S2/c1-13(21-26-14(2)23)20(24)18-9-8-17(12-19(18)27-3)28-16-6-4-15(5-7-16)25-11-10-22/h4-9,12,22H,10-11H2,1-3H3/b21-13+. The number of aliphatic hydroxyl groups is 1. The van der Waals surface area contributed by atoms with Crippen LogP contribution in [0.1, 0.15) is 24.2 Å². The molecule has 2 rings (SSSR count). The van der Waals surface area contributed by atoms with Gasteiger partial charge in [0.2, 0.25) is 5.78 Å². The number of benzene rings is 2. The number of Topliss-reactive ketones (excluding diaryl/α,β-unsaturated/α-hetero) is 1. The van der Waals surface area contributed by atoms with E-state index < -0.39 is 5.97 Å². The van der Waals surface area contributed by atoms with Gasteiger partial charge in [-0.1, -0.05) is 16.9 Å². The molecule has 0 atom stereocenters. The zero-order valence-corrected chi connectivity index (χ0v) is 17.4. The molecule has 0 aromatic heterocycles. The third-order valence-corrected chi connectivity index (χ3v) is 5.25. The molecule has 0 bridgehead atoms. The van der Waals surface area contributed by atoms with Crippen molar-refractivity contribution in [2.45, 2.75) is 28.5 Å². The lowest BCUT2D eigenvalue weighted by Crippen LogP contribution is -2.13. The van der Waals surface area contributed by atoms with E-state index in [-0.39, 0.29) is 24.7 Å². The number of rotatable bonds is 9. The summed E-state index contributed by atoms with van der Waals surface area (Å²) >= 11 is 3.02. The number of oxime groups is 1. The predicted octanol–water partition coefficient (Wildman–Crippen LogP) is 4.05. The molecule has 0 aliphatic heterocycles. The van der Waals surface area contributed by atoms with Crippen LogP contribution in [0.4, 0.5) is 0 Å². The first-order valence-electron chi connectivity index (χ1n) is 8.41. The van der Waals surface area contributed by atoms with Crippen LogP contribution in [0.25, 0.3) is 0 Å². The van der Waals surface area contributed by atoms with Crippen molar-refractivity contribution in [3.05, 3.63) is 48.0 Å². The Balaban J connectivity index is 2.15. The van der Waals surface area contributed by atoms with Crippen molar-refractivity contribution in [3.8, 4) is 5.75 Å². The average molecular weight is 420 g/mol. The first-order chi connectivity index (χ1) is 13.4. The molecule has 8 heteroatoms. The van der Waals surface area contributed by atoms with Crippen LogP contribution in [0.15, 0.2) is 62.3 Å². The molecule has 2 aromatic rings. The number of ketones is 1. The van der Waals surface area contributed by atoms with Crippen molar-refractivity contribution in [3.63, 3.8) is 0 Å². The van der Waals surface area contributed by atoms with Crippen LogP contribution in [0.3, 0.4) is 0 Å². The average Bonchev–Trinajstić information content (AvgIpc) is 2.70. The molecular formula is C20H21NO5S2. The summed E-state index contributed by atoms with van der Waals surface area (Å²) in [6.07, 6.45) is 1.90. The van der Waals surface area contributed by atoms with E-state index in [2.05, 4.69) is 9.99 Å². The number of ether oxygens (including phenoxy) is 1. The quantitative estimate of drug-likeness (QED) is 0.216. The van der Waals surface area contributed by atoms with Crippen molar-refractivity contribution in [2.24, 2.45) is 5.16 Å². The molecule has 0 unspecified atom stereocenters. The fourth-order valence-corrected chi connectivity index (χ4v) is 3.75. The lowest BCUT2D eigenvalue weighted by Gasteiger charge is -2.10. The van der Waals surface area contributed by atoms with E-state index in [9.17, 15) is 9.59 Å². The van der Waals surface area contributed by atoms with E-state index in [1.165, 1.54) is 25.6 Å². The van der Waals surface area contributed by atoms with Crippen LogP contribution >= 0.6 is 23.5 Å². The molecule has 28 heavy (non-hydrogen) atoms. The minimum atomic E-state index is -0.572. The third-order valence-electron chi connectivity index (χ3n) is 3.48. The molecule has 6 nitrogen and oxygen atoms in total. The molecule has 0 aliphatic rings. The van der Waals surface area contributed by atoms with Gasteiger partial charge in [-0.15, -0.1) is 11.8 Å². The van der Waals surface area contributed by atoms with Gasteiger partial charge in [0.05, 0.1) is 6.61 Å². The third kappa shape index (κ3) is 6.40. The van der Waals surface area contributed by atoms with E-state index in [4.69, 9.17) is 9.84 Å². The Hall–Kier alpha value is -2.29. The van der Waals surface area contributed by atoms with Crippen LogP contribution in [0.2, 0.25) is 0 Å². The van der Waals surface area contributed by atoms with Crippen molar-refractivity contribution < 1.29 is 24.3 Å². The number of carbonyl (C=O) groups excluding carboxylic acids is 2. The normalized spacial score (nSPS) is 11.2. The Bertz CT molecular complexity index is 865. The summed E-state index contributed by atoms with van der Waals surface area (Å²) in [7, 11) is 0. The van der Waals surface area contributed by atoms with Crippen molar-refractivity contribution in [1.82, 2.24) is 0 Å². The summed E-state index contributed by atoms with van der Waals surface area (Å²) in [5, 5.41) is 12.4. The molecule has 1 N–H and O–H groups in total. The summed E-state index contributed by atoms with van der Waals surface area (Å²) in [4.78, 5) is 30.8. The van der Waals surface area contributed by atoms with E-state index in [1.807, 2.05) is 42.7 Å². The Morgan fingerprint density at radius 1 is 1.07 bits per heavy atom. The highest BCUT2D eigenvalue weighted by atomic mass is 32.2. The molecular weight excluding hydrogens is 398 g/mol. The van der Waals surface area contributed by atoms with E-state index in [1.54, 1.807) is 17.8 Å². The number of aliphatic hydroxyl groups excluding tert-OH is 1. The first-order valence-corrected chi connectivity index (χ1v) is 10.4. The number of hydrogen-bond donors (Lipinski definition) is 1. The number of thioether (sulfide) groups is 1. The maximum absolute atomic E-state index is 12.6. The molecule has 0 fully saturated rings. The Labute approximate surface area is 172 Å². The zero-order valence-electron chi connectivity index (χ0n) is 15.8. The maximum atomic E-state index is 12.6. The Morgan fingerprint density at radius 3 is 2.36 bits per heavy atom. The van der Waals surface area contributed by atoms with Gasteiger partial charge in [0.25, 0.3) is 0 Å². The summed E-state index contributed by atoms with van der Waals surface area (Å²) in [6, 6.07) is 13.1. The molecule has 148 valence electrons. The minimum Gasteiger partial charge on any atom is -0.491 e. The highest BCUT2D eigenvalue weighted by Crippen LogP contribution is 2.33. The highest BCUT2D eigenvalue weighted by molar-refractivity contribution is 7.99. The molecule has 0 spiro atoms. The number of nitrogens with zero attached hydrogens (tertiary/aromatic N) is 1. The largest absolute Gasteiger partial charge is 0.491 e. The Morgan fingerprint density at radius 2 is 1.75 bits per heavy atom. The van der Waals surface area contributed by atoms with Gasteiger partial charge in [-0.05, 0) is 55.6 Å². The molecule has 0 radical (unpaired) electrons. The van der Waals surface area contributed by atoms with Gasteiger partial charge in [-0.3, -0.25) is 4.79 Å². The van der Waals surface area contributed by atoms with Gasteiger partial charge in [-0.2, -0.15) is 0 Å². The molecule has 2 aromatic carbocycles. The fraction of sp³-hybridized carbons (Fsp3) is 0.250. The minimum absolute atomic E-state index is 0.0237. The molecule has 0 aliphatic carbocycles. The second-order valence-electron chi connectivity index (χ2n) is 5.60. The van der Waals surface area contributed by atoms with Crippen LogP contribution in [-0.4, -0.2) is 42.0 Å². The van der Waals surface area contributed by atoms with Gasteiger partial charge in [-0.25, -0.2) is 4.79 Å². The zero-order chi connectivity index (χ0) is 20.5. The lowest BCUT2D eigenvalue weighted by atomic mass is 10.1. The summed E-state index contributed by atoms with van der Waals surface area (Å²) in [6.45, 7) is 2.98. The topological polar surface area (TPSA) is 85.2 Å². The summed E-state index contributed by atoms with van der Waals surface area (Å²) in [5.41, 5.74) is 0.627. The molecule has 0 saturated carbocycles. The SMILES string of the molecule is CSc1cc(Sc2ccc(OCCO)cc2)ccc1C(=O)/C(C)=N/OC(C)=O. The van der Waals surface area contributed by atoms with Crippen molar-refractivity contribution in [2.75, 3.05) is 19.5 Å². The van der Waals surface area contributed by atoms with Crippen LogP contribution in [0.5, 0.6) is 5.75 Å². The second-order valence-corrected chi connectivity index (χ2v) is 7.59. The molecule has 0 amide bonds. The predicted molar refractivity (Wildman–Crippen MR) is 111 cm³/mol. The van der Waals surface area contributed by atoms with Gasteiger partial charge in [0.15, 0.2) is 0 Å². The molecule has 0 heterocycles. The lowest BCUT2D eigenvalue weighted by molar-refractivity contribution is -0.140. The van der Waals surface area contributed by atoms with E-state index in [0.717, 1.165) is 14.7 Å². The smallest absolute Gasteiger partial charge is 0.331 e. The first kappa shape index (κ1) is 22.0. The van der Waals surface area contributed by atoms with Crippen LogP contribution in [-0.2, 0) is 9.63 Å². The fourth-order valence-electron chi connectivity index (χ4n) is 2.20. The monoisotopic (exact) mass is 419 g/mol. The van der Waals surface area contributed by atoms with Gasteiger partial charge in [0, 0.05) is 27.2 Å². The van der Waals surface area contributed by atoms with Crippen molar-refractivity contribution in [1.29, 1.82) is 0 Å². The second kappa shape index (κ2) is 10.9. The van der Waals surface area contributed by atoms with Crippen molar-refractivity contribution >= 4 is 41.0 Å². The number of carbonyl (C=O) groups is 2. The molecule has 0 saturated heterocycles. The van der Waals surface area contributed by atoms with E-state index in [0.29, 0.717) is 11.3 Å². The van der Waals surface area contributed by atoms with E-state index >= 15 is 0 Å². The van der Waals surface area contributed by atoms with Gasteiger partial charge < -0.3 is 14.7 Å². The van der Waals surface area contributed by atoms with Gasteiger partial charge >= 0.3 is 5.97 Å². The van der Waals surface area contributed by atoms with Crippen LogP contribution in [0, 0.1) is 0 Å². The highest BCUT2D eigenvalue weighted by Gasteiger charge is 2.16. The summed E-state index contributed by atoms with van der Waals surface area (Å²) < 4.78 is 5.35. The van der Waals surface area contributed by atoms with Crippen LogP contribution < -0.4 is 4.74 Å². The van der Waals surface area contributed by atoms with Gasteiger partial charge in [0.1, 0.15) is 18.1 Å². The number of hydrogen-bond acceptors (Lipinski definition) is 8. The Kier molecular flexibility index (Phi) is 8.56. The summed E-state index contributed by atoms with van der Waals surface area (Å²) in [5.74, 6) is -0.156.